The predicted octanol–water partition coefficient (Wildman–Crippen LogP) is 1.59. The first-order chi connectivity index (χ1) is 8.69. The van der Waals surface area contributed by atoms with Gasteiger partial charge in [-0.25, -0.2) is 0 Å². The molecule has 0 fully saturated rings. The number of carbonyl (C=O) groups is 2. The normalized spacial score (nSPS) is 15.2. The summed E-state index contributed by atoms with van der Waals surface area (Å²) in [6.07, 6.45) is 7.69. The van der Waals surface area contributed by atoms with Gasteiger partial charge in [0.1, 0.15) is 5.76 Å². The van der Waals surface area contributed by atoms with E-state index in [0.717, 1.165) is 18.6 Å². The molecular formula is C13H18O5. The average Bonchev–Trinajstić information content (AvgIpc) is 2.43. The SMILES string of the molecule is COC(=O)C(C/C=C/C1=CCCCO1)C(=O)OC. The molecule has 100 valence electrons. The summed E-state index contributed by atoms with van der Waals surface area (Å²) in [5, 5.41) is 0. The van der Waals surface area contributed by atoms with E-state index in [1.807, 2.05) is 6.08 Å². The molecule has 0 amide bonds. The number of ether oxygens (including phenoxy) is 3. The lowest BCUT2D eigenvalue weighted by molar-refractivity contribution is -0.158. The molecule has 0 aromatic carbocycles. The van der Waals surface area contributed by atoms with Gasteiger partial charge in [0.05, 0.1) is 20.8 Å². The minimum Gasteiger partial charge on any atom is -0.494 e. The summed E-state index contributed by atoms with van der Waals surface area (Å²) in [5.41, 5.74) is 0. The van der Waals surface area contributed by atoms with E-state index < -0.39 is 17.9 Å². The fraction of sp³-hybridized carbons (Fsp3) is 0.538. The van der Waals surface area contributed by atoms with E-state index in [1.54, 1.807) is 12.2 Å². The van der Waals surface area contributed by atoms with Gasteiger partial charge in [-0.3, -0.25) is 9.59 Å². The number of hydrogen-bond acceptors (Lipinski definition) is 5. The van der Waals surface area contributed by atoms with Gasteiger partial charge in [0.15, 0.2) is 5.92 Å². The van der Waals surface area contributed by atoms with Crippen LogP contribution in [-0.4, -0.2) is 32.8 Å². The molecule has 0 aromatic heterocycles. The summed E-state index contributed by atoms with van der Waals surface area (Å²) in [4.78, 5) is 22.8. The van der Waals surface area contributed by atoms with Crippen molar-refractivity contribution >= 4 is 11.9 Å². The zero-order chi connectivity index (χ0) is 13.4. The van der Waals surface area contributed by atoms with Crippen LogP contribution in [0.3, 0.4) is 0 Å². The first-order valence-electron chi connectivity index (χ1n) is 5.84. The Kier molecular flexibility index (Phi) is 5.97. The molecule has 5 nitrogen and oxygen atoms in total. The maximum atomic E-state index is 11.4. The topological polar surface area (TPSA) is 61.8 Å². The largest absolute Gasteiger partial charge is 0.494 e. The molecule has 0 atom stereocenters. The van der Waals surface area contributed by atoms with Gasteiger partial charge in [-0.1, -0.05) is 6.08 Å². The lowest BCUT2D eigenvalue weighted by Gasteiger charge is -2.12. The molecule has 1 heterocycles. The molecule has 0 bridgehead atoms. The first kappa shape index (κ1) is 14.3. The highest BCUT2D eigenvalue weighted by atomic mass is 16.5. The fourth-order valence-corrected chi connectivity index (χ4v) is 1.59. The standard InChI is InChI=1S/C13H18O5/c1-16-12(14)11(13(15)17-2)8-5-7-10-6-3-4-9-18-10/h5-7,11H,3-4,8-9H2,1-2H3/b7-5+. The Balaban J connectivity index is 2.55. The quantitative estimate of drug-likeness (QED) is 0.550. The fourth-order valence-electron chi connectivity index (χ4n) is 1.59. The predicted molar refractivity (Wildman–Crippen MR) is 64.5 cm³/mol. The Morgan fingerprint density at radius 2 is 2.06 bits per heavy atom. The second-order valence-electron chi connectivity index (χ2n) is 3.83. The van der Waals surface area contributed by atoms with Gasteiger partial charge in [0, 0.05) is 0 Å². The summed E-state index contributed by atoms with van der Waals surface area (Å²) in [5.74, 6) is -1.33. The van der Waals surface area contributed by atoms with Crippen LogP contribution >= 0.6 is 0 Å². The summed E-state index contributed by atoms with van der Waals surface area (Å²) < 4.78 is 14.5. The molecule has 0 unspecified atom stereocenters. The third-order valence-electron chi connectivity index (χ3n) is 2.59. The van der Waals surface area contributed by atoms with Crippen molar-refractivity contribution in [3.05, 3.63) is 24.0 Å². The number of carbonyl (C=O) groups excluding carboxylic acids is 2. The molecule has 0 N–H and O–H groups in total. The van der Waals surface area contributed by atoms with Crippen LogP contribution < -0.4 is 0 Å². The monoisotopic (exact) mass is 254 g/mol. The van der Waals surface area contributed by atoms with Crippen molar-refractivity contribution in [3.63, 3.8) is 0 Å². The van der Waals surface area contributed by atoms with Gasteiger partial charge in [-0.2, -0.15) is 0 Å². The van der Waals surface area contributed by atoms with Crippen molar-refractivity contribution in [2.45, 2.75) is 19.3 Å². The van der Waals surface area contributed by atoms with Crippen molar-refractivity contribution in [1.29, 1.82) is 0 Å². The van der Waals surface area contributed by atoms with Crippen molar-refractivity contribution in [3.8, 4) is 0 Å². The number of methoxy groups -OCH3 is 2. The Morgan fingerprint density at radius 1 is 1.39 bits per heavy atom. The van der Waals surface area contributed by atoms with Crippen LogP contribution in [0.1, 0.15) is 19.3 Å². The average molecular weight is 254 g/mol. The Morgan fingerprint density at radius 3 is 2.56 bits per heavy atom. The minimum atomic E-state index is -0.916. The van der Waals surface area contributed by atoms with E-state index >= 15 is 0 Å². The highest BCUT2D eigenvalue weighted by molar-refractivity contribution is 5.94. The van der Waals surface area contributed by atoms with Gasteiger partial charge in [-0.05, 0) is 31.4 Å². The second-order valence-corrected chi connectivity index (χ2v) is 3.83. The molecule has 18 heavy (non-hydrogen) atoms. The highest BCUT2D eigenvalue weighted by Gasteiger charge is 2.27. The molecule has 5 heteroatoms. The first-order valence-corrected chi connectivity index (χ1v) is 5.84. The maximum Gasteiger partial charge on any atom is 0.320 e. The number of rotatable bonds is 5. The maximum absolute atomic E-state index is 11.4. The molecule has 0 aromatic rings. The molecule has 0 saturated heterocycles. The van der Waals surface area contributed by atoms with Gasteiger partial charge in [0.25, 0.3) is 0 Å². The van der Waals surface area contributed by atoms with Gasteiger partial charge in [-0.15, -0.1) is 0 Å². The molecule has 0 aliphatic carbocycles. The Labute approximate surface area is 106 Å². The molecule has 0 spiro atoms. The van der Waals surface area contributed by atoms with Gasteiger partial charge in [0.2, 0.25) is 0 Å². The molecule has 1 aliphatic rings. The lowest BCUT2D eigenvalue weighted by atomic mass is 10.1. The van der Waals surface area contributed by atoms with Crippen LogP contribution in [0, 0.1) is 5.92 Å². The zero-order valence-corrected chi connectivity index (χ0v) is 10.7. The van der Waals surface area contributed by atoms with Crippen LogP contribution in [0.2, 0.25) is 0 Å². The van der Waals surface area contributed by atoms with Crippen LogP contribution in [0.4, 0.5) is 0 Å². The number of esters is 2. The molecule has 1 aliphatic heterocycles. The van der Waals surface area contributed by atoms with E-state index in [1.165, 1.54) is 14.2 Å². The smallest absolute Gasteiger partial charge is 0.320 e. The van der Waals surface area contributed by atoms with Crippen molar-refractivity contribution in [1.82, 2.24) is 0 Å². The molecule has 1 rings (SSSR count). The summed E-state index contributed by atoms with van der Waals surface area (Å²) in [6.45, 7) is 0.702. The van der Waals surface area contributed by atoms with Gasteiger partial charge < -0.3 is 14.2 Å². The Hall–Kier alpha value is -1.78. The third kappa shape index (κ3) is 4.24. The Bertz CT molecular complexity index is 340. The lowest BCUT2D eigenvalue weighted by Crippen LogP contribution is -2.25. The molecule has 0 radical (unpaired) electrons. The van der Waals surface area contributed by atoms with E-state index in [4.69, 9.17) is 4.74 Å². The summed E-state index contributed by atoms with van der Waals surface area (Å²) >= 11 is 0. The van der Waals surface area contributed by atoms with Crippen molar-refractivity contribution < 1.29 is 23.8 Å². The summed E-state index contributed by atoms with van der Waals surface area (Å²) in [7, 11) is 2.49. The van der Waals surface area contributed by atoms with Crippen LogP contribution in [0.25, 0.3) is 0 Å². The van der Waals surface area contributed by atoms with E-state index in [9.17, 15) is 9.59 Å². The van der Waals surface area contributed by atoms with Crippen LogP contribution in [0.15, 0.2) is 24.0 Å². The minimum absolute atomic E-state index is 0.236. The van der Waals surface area contributed by atoms with E-state index in [0.29, 0.717) is 6.61 Å². The van der Waals surface area contributed by atoms with Crippen molar-refractivity contribution in [2.75, 3.05) is 20.8 Å². The zero-order valence-electron chi connectivity index (χ0n) is 10.7. The molecular weight excluding hydrogens is 236 g/mol. The third-order valence-corrected chi connectivity index (χ3v) is 2.59. The second kappa shape index (κ2) is 7.53. The van der Waals surface area contributed by atoms with E-state index in [2.05, 4.69) is 9.47 Å². The van der Waals surface area contributed by atoms with E-state index in [-0.39, 0.29) is 6.42 Å². The highest BCUT2D eigenvalue weighted by Crippen LogP contribution is 2.13. The number of hydrogen-bond donors (Lipinski definition) is 0. The summed E-state index contributed by atoms with van der Waals surface area (Å²) in [6, 6.07) is 0. The van der Waals surface area contributed by atoms with Crippen LogP contribution in [0.5, 0.6) is 0 Å². The van der Waals surface area contributed by atoms with Crippen molar-refractivity contribution in [2.24, 2.45) is 5.92 Å². The molecule has 0 saturated carbocycles. The van der Waals surface area contributed by atoms with Crippen LogP contribution in [-0.2, 0) is 23.8 Å². The number of allylic oxidation sites excluding steroid dienone is 3. The van der Waals surface area contributed by atoms with Gasteiger partial charge >= 0.3 is 11.9 Å².